The van der Waals surface area contributed by atoms with Gasteiger partial charge in [-0.3, -0.25) is 4.79 Å². The molecular weight excluding hydrogens is 276 g/mol. The van der Waals surface area contributed by atoms with Crippen LogP contribution in [0, 0.1) is 5.92 Å². The van der Waals surface area contributed by atoms with Crippen LogP contribution in [0.2, 0.25) is 0 Å². The zero-order valence-corrected chi connectivity index (χ0v) is 10.3. The zero-order chi connectivity index (χ0) is 11.7. The Morgan fingerprint density at radius 3 is 3.00 bits per heavy atom. The molecule has 1 unspecified atom stereocenters. The molecule has 1 aromatic rings. The van der Waals surface area contributed by atoms with Gasteiger partial charge in [-0.05, 0) is 28.8 Å². The minimum atomic E-state index is -0.759. The number of aliphatic hydroxyl groups is 1. The van der Waals surface area contributed by atoms with Gasteiger partial charge in [0.1, 0.15) is 10.4 Å². The van der Waals surface area contributed by atoms with E-state index in [1.807, 2.05) is 4.57 Å². The number of aliphatic hydroxyl groups excluding tert-OH is 1. The lowest BCUT2D eigenvalue weighted by molar-refractivity contribution is -0.142. The van der Waals surface area contributed by atoms with Crippen molar-refractivity contribution in [1.29, 1.82) is 0 Å². The van der Waals surface area contributed by atoms with Gasteiger partial charge in [0.05, 0.1) is 18.2 Å². The Kier molecular flexibility index (Phi) is 3.30. The Morgan fingerprint density at radius 1 is 1.62 bits per heavy atom. The van der Waals surface area contributed by atoms with Crippen molar-refractivity contribution in [2.24, 2.45) is 5.92 Å². The molecule has 0 fully saturated rings. The van der Waals surface area contributed by atoms with E-state index in [-0.39, 0.29) is 12.5 Å². The molecule has 6 heteroatoms. The van der Waals surface area contributed by atoms with Crippen LogP contribution < -0.4 is 0 Å². The van der Waals surface area contributed by atoms with Gasteiger partial charge in [-0.15, -0.1) is 0 Å². The summed E-state index contributed by atoms with van der Waals surface area (Å²) in [6.07, 6.45) is 1.83. The van der Waals surface area contributed by atoms with Gasteiger partial charge in [0.2, 0.25) is 0 Å². The minimum absolute atomic E-state index is 0.0284. The largest absolute Gasteiger partial charge is 0.481 e. The molecule has 16 heavy (non-hydrogen) atoms. The van der Waals surface area contributed by atoms with Gasteiger partial charge < -0.3 is 14.8 Å². The molecule has 0 aromatic carbocycles. The Bertz CT molecular complexity index is 416. The van der Waals surface area contributed by atoms with Crippen molar-refractivity contribution in [2.75, 3.05) is 6.61 Å². The molecule has 1 aliphatic rings. The first-order valence-corrected chi connectivity index (χ1v) is 6.00. The first-order chi connectivity index (χ1) is 7.63. The van der Waals surface area contributed by atoms with Crippen LogP contribution in [0.5, 0.6) is 0 Å². The SMILES string of the molecule is O=C(O)C1CCc2c(Br)nc(CCO)n2C1. The average molecular weight is 289 g/mol. The fourth-order valence-electron chi connectivity index (χ4n) is 2.07. The van der Waals surface area contributed by atoms with E-state index in [1.165, 1.54) is 0 Å². The molecule has 2 N–H and O–H groups in total. The van der Waals surface area contributed by atoms with Crippen LogP contribution in [0.4, 0.5) is 0 Å². The van der Waals surface area contributed by atoms with Crippen LogP contribution in [-0.4, -0.2) is 32.3 Å². The second kappa shape index (κ2) is 4.55. The summed E-state index contributed by atoms with van der Waals surface area (Å²) in [5.41, 5.74) is 1.04. The molecule has 0 bridgehead atoms. The lowest BCUT2D eigenvalue weighted by atomic mass is 9.98. The molecule has 0 saturated heterocycles. The molecule has 0 spiro atoms. The zero-order valence-electron chi connectivity index (χ0n) is 8.69. The summed E-state index contributed by atoms with van der Waals surface area (Å²) in [5, 5.41) is 17.9. The molecule has 2 heterocycles. The van der Waals surface area contributed by atoms with Crippen LogP contribution >= 0.6 is 15.9 Å². The predicted octanol–water partition coefficient (Wildman–Crippen LogP) is 0.827. The third-order valence-electron chi connectivity index (χ3n) is 2.92. The highest BCUT2D eigenvalue weighted by molar-refractivity contribution is 9.10. The van der Waals surface area contributed by atoms with E-state index in [0.29, 0.717) is 19.4 Å². The molecule has 1 aromatic heterocycles. The fraction of sp³-hybridized carbons (Fsp3) is 0.600. The third kappa shape index (κ3) is 1.99. The molecule has 0 saturated carbocycles. The lowest BCUT2D eigenvalue weighted by Crippen LogP contribution is -2.27. The van der Waals surface area contributed by atoms with Crippen molar-refractivity contribution in [2.45, 2.75) is 25.8 Å². The van der Waals surface area contributed by atoms with Crippen molar-refractivity contribution < 1.29 is 15.0 Å². The molecule has 5 nitrogen and oxygen atoms in total. The normalized spacial score (nSPS) is 19.5. The number of aliphatic carboxylic acids is 1. The van der Waals surface area contributed by atoms with Gasteiger partial charge in [0, 0.05) is 13.0 Å². The van der Waals surface area contributed by atoms with Gasteiger partial charge in [-0.2, -0.15) is 0 Å². The van der Waals surface area contributed by atoms with E-state index in [2.05, 4.69) is 20.9 Å². The Balaban J connectivity index is 2.31. The maximum atomic E-state index is 10.9. The van der Waals surface area contributed by atoms with Gasteiger partial charge in [0.15, 0.2) is 0 Å². The van der Waals surface area contributed by atoms with E-state index in [0.717, 1.165) is 22.5 Å². The smallest absolute Gasteiger partial charge is 0.308 e. The van der Waals surface area contributed by atoms with Gasteiger partial charge in [0.25, 0.3) is 0 Å². The van der Waals surface area contributed by atoms with E-state index in [4.69, 9.17) is 10.2 Å². The Labute approximate surface area is 101 Å². The van der Waals surface area contributed by atoms with Crippen LogP contribution in [0.3, 0.4) is 0 Å². The molecule has 88 valence electrons. The second-order valence-electron chi connectivity index (χ2n) is 3.92. The summed E-state index contributed by atoms with van der Waals surface area (Å²) in [6, 6.07) is 0. The van der Waals surface area contributed by atoms with Crippen molar-refractivity contribution >= 4 is 21.9 Å². The first kappa shape index (κ1) is 11.6. The highest BCUT2D eigenvalue weighted by Gasteiger charge is 2.28. The Hall–Kier alpha value is -0.880. The maximum Gasteiger partial charge on any atom is 0.308 e. The third-order valence-corrected chi connectivity index (χ3v) is 3.55. The molecule has 0 amide bonds. The van der Waals surface area contributed by atoms with Crippen LogP contribution in [-0.2, 0) is 24.2 Å². The molecule has 0 aliphatic carbocycles. The Morgan fingerprint density at radius 2 is 2.38 bits per heavy atom. The number of hydrogen-bond donors (Lipinski definition) is 2. The number of hydrogen-bond acceptors (Lipinski definition) is 3. The van der Waals surface area contributed by atoms with Crippen LogP contribution in [0.25, 0.3) is 0 Å². The lowest BCUT2D eigenvalue weighted by Gasteiger charge is -2.22. The van der Waals surface area contributed by atoms with Crippen LogP contribution in [0.15, 0.2) is 4.60 Å². The molecule has 2 rings (SSSR count). The molecule has 1 aliphatic heterocycles. The summed E-state index contributed by atoms with van der Waals surface area (Å²) >= 11 is 3.37. The first-order valence-electron chi connectivity index (χ1n) is 5.21. The number of imidazole rings is 1. The van der Waals surface area contributed by atoms with Crippen molar-refractivity contribution in [1.82, 2.24) is 9.55 Å². The number of carbonyl (C=O) groups is 1. The number of carboxylic acid groups (broad SMARTS) is 1. The van der Waals surface area contributed by atoms with E-state index >= 15 is 0 Å². The summed E-state index contributed by atoms with van der Waals surface area (Å²) in [6.45, 7) is 0.485. The minimum Gasteiger partial charge on any atom is -0.481 e. The number of fused-ring (bicyclic) bond motifs is 1. The van der Waals surface area contributed by atoms with E-state index in [9.17, 15) is 4.79 Å². The number of aromatic nitrogens is 2. The highest BCUT2D eigenvalue weighted by atomic mass is 79.9. The number of halogens is 1. The van der Waals surface area contributed by atoms with Crippen LogP contribution in [0.1, 0.15) is 17.9 Å². The second-order valence-corrected chi connectivity index (χ2v) is 4.67. The quantitative estimate of drug-likeness (QED) is 0.864. The number of carboxylic acids is 1. The summed E-state index contributed by atoms with van der Waals surface area (Å²) in [4.78, 5) is 15.2. The maximum absolute atomic E-state index is 10.9. The average Bonchev–Trinajstić information content (AvgIpc) is 2.56. The van der Waals surface area contributed by atoms with E-state index in [1.54, 1.807) is 0 Å². The molecular formula is C10H13BrN2O3. The topological polar surface area (TPSA) is 75.3 Å². The van der Waals surface area contributed by atoms with Gasteiger partial charge in [-0.25, -0.2) is 4.98 Å². The molecule has 0 radical (unpaired) electrons. The van der Waals surface area contributed by atoms with Gasteiger partial charge >= 0.3 is 5.97 Å². The predicted molar refractivity (Wildman–Crippen MR) is 60.2 cm³/mol. The standard InChI is InChI=1S/C10H13BrN2O3/c11-9-7-2-1-6(10(15)16)5-13(7)8(12-9)3-4-14/h6,14H,1-5H2,(H,15,16). The van der Waals surface area contributed by atoms with E-state index < -0.39 is 5.97 Å². The monoisotopic (exact) mass is 288 g/mol. The number of rotatable bonds is 3. The summed E-state index contributed by atoms with van der Waals surface area (Å²) in [7, 11) is 0. The summed E-state index contributed by atoms with van der Waals surface area (Å²) in [5.74, 6) is -0.341. The van der Waals surface area contributed by atoms with Crippen molar-refractivity contribution in [3.8, 4) is 0 Å². The number of nitrogens with zero attached hydrogens (tertiary/aromatic N) is 2. The highest BCUT2D eigenvalue weighted by Crippen LogP contribution is 2.27. The van der Waals surface area contributed by atoms with Gasteiger partial charge in [-0.1, -0.05) is 0 Å². The summed E-state index contributed by atoms with van der Waals surface area (Å²) < 4.78 is 2.70. The fourth-order valence-corrected chi connectivity index (χ4v) is 2.69. The van der Waals surface area contributed by atoms with Crippen molar-refractivity contribution in [3.63, 3.8) is 0 Å². The molecule has 1 atom stereocenters. The van der Waals surface area contributed by atoms with Crippen molar-refractivity contribution in [3.05, 3.63) is 16.1 Å².